The summed E-state index contributed by atoms with van der Waals surface area (Å²) in [5.41, 5.74) is 2.56. The first-order valence-corrected chi connectivity index (χ1v) is 5.17. The molecule has 0 amide bonds. The van der Waals surface area contributed by atoms with Gasteiger partial charge in [0.15, 0.2) is 0 Å². The van der Waals surface area contributed by atoms with E-state index in [-0.39, 0.29) is 12.0 Å². The Morgan fingerprint density at radius 1 is 1.22 bits per heavy atom. The quantitative estimate of drug-likeness (QED) is 0.652. The van der Waals surface area contributed by atoms with E-state index >= 15 is 0 Å². The van der Waals surface area contributed by atoms with Crippen LogP contribution in [0.5, 0.6) is 0 Å². The summed E-state index contributed by atoms with van der Waals surface area (Å²) in [5, 5.41) is 15.8. The molecule has 3 unspecified atom stereocenters. The molecule has 104 valence electrons. The van der Waals surface area contributed by atoms with Crippen LogP contribution in [0.4, 0.5) is 13.2 Å². The Morgan fingerprint density at radius 2 is 1.78 bits per heavy atom. The van der Waals surface area contributed by atoms with E-state index in [9.17, 15) is 18.0 Å². The minimum atomic E-state index is -5.08. The summed E-state index contributed by atoms with van der Waals surface area (Å²) in [6.07, 6.45) is -1.85. The van der Waals surface area contributed by atoms with E-state index in [4.69, 9.17) is 19.8 Å². The summed E-state index contributed by atoms with van der Waals surface area (Å²) in [6, 6.07) is -0.470. The fourth-order valence-electron chi connectivity index (χ4n) is 1.96. The van der Waals surface area contributed by atoms with Gasteiger partial charge in [-0.15, -0.1) is 0 Å². The van der Waals surface area contributed by atoms with Gasteiger partial charge in [-0.05, 0) is 12.8 Å². The van der Waals surface area contributed by atoms with Crippen LogP contribution in [-0.2, 0) is 14.4 Å². The molecule has 18 heavy (non-hydrogen) atoms. The largest absolute Gasteiger partial charge is 0.490 e. The highest BCUT2D eigenvalue weighted by molar-refractivity contribution is 5.74. The molecule has 2 aliphatic rings. The number of alkyl halides is 3. The maximum absolute atomic E-state index is 10.6. The van der Waals surface area contributed by atoms with Gasteiger partial charge in [-0.3, -0.25) is 9.63 Å². The average Bonchev–Trinajstić information content (AvgIpc) is 2.75. The lowest BCUT2D eigenvalue weighted by atomic mass is 9.98. The molecule has 0 spiro atoms. The van der Waals surface area contributed by atoms with Crippen LogP contribution in [0.2, 0.25) is 0 Å². The zero-order valence-corrected chi connectivity index (χ0v) is 9.11. The van der Waals surface area contributed by atoms with Gasteiger partial charge in [0.25, 0.3) is 0 Å². The molecule has 3 atom stereocenters. The molecule has 0 aromatic carbocycles. The molecule has 0 aromatic heterocycles. The van der Waals surface area contributed by atoms with Crippen molar-refractivity contribution in [2.24, 2.45) is 5.92 Å². The minimum absolute atomic E-state index is 0.149. The molecule has 9 heteroatoms. The highest BCUT2D eigenvalue weighted by atomic mass is 19.4. The van der Waals surface area contributed by atoms with Crippen LogP contribution in [0.3, 0.4) is 0 Å². The Labute approximate surface area is 99.7 Å². The van der Waals surface area contributed by atoms with E-state index in [1.54, 1.807) is 0 Å². The van der Waals surface area contributed by atoms with Crippen molar-refractivity contribution in [3.8, 4) is 0 Å². The molecule has 2 rings (SSSR count). The summed E-state index contributed by atoms with van der Waals surface area (Å²) >= 11 is 0. The number of halogens is 3. The van der Waals surface area contributed by atoms with Crippen LogP contribution < -0.4 is 5.48 Å². The second-order valence-corrected chi connectivity index (χ2v) is 3.99. The van der Waals surface area contributed by atoms with Crippen molar-refractivity contribution < 1.29 is 37.8 Å². The summed E-state index contributed by atoms with van der Waals surface area (Å²) in [5.74, 6) is -3.35. The van der Waals surface area contributed by atoms with E-state index in [0.717, 1.165) is 19.3 Å². The van der Waals surface area contributed by atoms with Gasteiger partial charge in [-0.2, -0.15) is 18.7 Å². The first-order chi connectivity index (χ1) is 8.23. The smallest absolute Gasteiger partial charge is 0.480 e. The van der Waals surface area contributed by atoms with Crippen molar-refractivity contribution >= 4 is 11.9 Å². The number of hydrogen-bond acceptors (Lipinski definition) is 4. The van der Waals surface area contributed by atoms with Crippen LogP contribution in [0.25, 0.3) is 0 Å². The number of rotatable bonds is 1. The summed E-state index contributed by atoms with van der Waals surface area (Å²) < 4.78 is 31.7. The summed E-state index contributed by atoms with van der Waals surface area (Å²) in [7, 11) is 0. The lowest BCUT2D eigenvalue weighted by Crippen LogP contribution is -2.34. The van der Waals surface area contributed by atoms with Crippen LogP contribution in [0.1, 0.15) is 19.3 Å². The molecule has 3 N–H and O–H groups in total. The second kappa shape index (κ2) is 5.53. The molecule has 1 saturated carbocycles. The third kappa shape index (κ3) is 3.57. The van der Waals surface area contributed by atoms with E-state index < -0.39 is 24.2 Å². The zero-order valence-electron chi connectivity index (χ0n) is 9.11. The summed E-state index contributed by atoms with van der Waals surface area (Å²) in [4.78, 5) is 24.6. The van der Waals surface area contributed by atoms with E-state index in [2.05, 4.69) is 5.48 Å². The molecule has 1 saturated heterocycles. The predicted octanol–water partition coefficient (Wildman–Crippen LogP) is 0.776. The number of hydroxylamine groups is 1. The summed E-state index contributed by atoms with van der Waals surface area (Å²) in [6.45, 7) is 0. The number of aliphatic carboxylic acids is 2. The highest BCUT2D eigenvalue weighted by Gasteiger charge is 2.44. The number of carboxylic acid groups (broad SMARTS) is 2. The predicted molar refractivity (Wildman–Crippen MR) is 50.5 cm³/mol. The second-order valence-electron chi connectivity index (χ2n) is 3.99. The normalized spacial score (nSPS) is 30.3. The standard InChI is InChI=1S/C7H11NO3.C2HF3O2/c9-7(10)6-4-2-1-3-5(4)11-8-6;3-2(4,5)1(6)7/h4-6,8H,1-3H2,(H,9,10);(H,6,7). The molecule has 1 aliphatic heterocycles. The Balaban J connectivity index is 0.000000203. The number of carbonyl (C=O) groups is 2. The molecule has 1 aliphatic carbocycles. The average molecular weight is 271 g/mol. The molecule has 0 aromatic rings. The Bertz CT molecular complexity index is 333. The van der Waals surface area contributed by atoms with Crippen molar-refractivity contribution in [2.75, 3.05) is 0 Å². The molecule has 0 bridgehead atoms. The van der Waals surface area contributed by atoms with Crippen molar-refractivity contribution in [3.05, 3.63) is 0 Å². The van der Waals surface area contributed by atoms with Crippen molar-refractivity contribution in [1.82, 2.24) is 5.48 Å². The number of hydrogen-bond donors (Lipinski definition) is 3. The van der Waals surface area contributed by atoms with Crippen LogP contribution in [0.15, 0.2) is 0 Å². The van der Waals surface area contributed by atoms with Crippen LogP contribution in [-0.4, -0.2) is 40.5 Å². The number of fused-ring (bicyclic) bond motifs is 1. The molecule has 0 radical (unpaired) electrons. The van der Waals surface area contributed by atoms with Gasteiger partial charge in [0.1, 0.15) is 6.04 Å². The van der Waals surface area contributed by atoms with Crippen LogP contribution in [0, 0.1) is 5.92 Å². The van der Waals surface area contributed by atoms with E-state index in [1.165, 1.54) is 0 Å². The van der Waals surface area contributed by atoms with Gasteiger partial charge in [0.2, 0.25) is 0 Å². The zero-order chi connectivity index (χ0) is 13.9. The third-order valence-corrected chi connectivity index (χ3v) is 2.79. The highest BCUT2D eigenvalue weighted by Crippen LogP contribution is 2.34. The van der Waals surface area contributed by atoms with Gasteiger partial charge in [0.05, 0.1) is 6.10 Å². The first-order valence-electron chi connectivity index (χ1n) is 5.17. The molecular weight excluding hydrogens is 259 g/mol. The number of nitrogens with one attached hydrogen (secondary N) is 1. The molecule has 1 heterocycles. The Hall–Kier alpha value is -1.35. The fraction of sp³-hybridized carbons (Fsp3) is 0.778. The molecular formula is C9H12F3NO5. The Morgan fingerprint density at radius 3 is 2.22 bits per heavy atom. The molecule has 2 fully saturated rings. The van der Waals surface area contributed by atoms with E-state index in [0.29, 0.717) is 0 Å². The van der Waals surface area contributed by atoms with Crippen molar-refractivity contribution in [2.45, 2.75) is 37.6 Å². The van der Waals surface area contributed by atoms with Gasteiger partial charge >= 0.3 is 18.1 Å². The van der Waals surface area contributed by atoms with Gasteiger partial charge in [0, 0.05) is 5.92 Å². The SMILES string of the molecule is O=C(O)C(F)(F)F.O=C(O)C1NOC2CCCC21. The lowest BCUT2D eigenvalue weighted by molar-refractivity contribution is -0.192. The van der Waals surface area contributed by atoms with E-state index in [1.807, 2.05) is 0 Å². The topological polar surface area (TPSA) is 95.9 Å². The molecule has 6 nitrogen and oxygen atoms in total. The minimum Gasteiger partial charge on any atom is -0.480 e. The lowest BCUT2D eigenvalue weighted by Gasteiger charge is -2.08. The number of carboxylic acids is 2. The monoisotopic (exact) mass is 271 g/mol. The first kappa shape index (κ1) is 14.7. The van der Waals surface area contributed by atoms with Gasteiger partial charge in [-0.25, -0.2) is 4.79 Å². The maximum Gasteiger partial charge on any atom is 0.490 e. The maximum atomic E-state index is 10.6. The van der Waals surface area contributed by atoms with Crippen LogP contribution >= 0.6 is 0 Å². The van der Waals surface area contributed by atoms with Gasteiger partial charge in [-0.1, -0.05) is 6.42 Å². The Kier molecular flexibility index (Phi) is 4.52. The van der Waals surface area contributed by atoms with Crippen molar-refractivity contribution in [3.63, 3.8) is 0 Å². The van der Waals surface area contributed by atoms with Gasteiger partial charge < -0.3 is 10.2 Å². The van der Waals surface area contributed by atoms with Crippen molar-refractivity contribution in [1.29, 1.82) is 0 Å². The fourth-order valence-corrected chi connectivity index (χ4v) is 1.96. The third-order valence-electron chi connectivity index (χ3n) is 2.79.